The number of hydrogen-bond donors (Lipinski definition) is 2. The maximum Gasteiger partial charge on any atom is 0.261 e. The highest BCUT2D eigenvalue weighted by molar-refractivity contribution is 5.90. The first-order valence-electron chi connectivity index (χ1n) is 12.3. The van der Waals surface area contributed by atoms with Crippen LogP contribution in [0.5, 0.6) is 0 Å². The van der Waals surface area contributed by atoms with Crippen LogP contribution in [-0.4, -0.2) is 42.1 Å². The van der Waals surface area contributed by atoms with Gasteiger partial charge in [-0.2, -0.15) is 5.26 Å². The van der Waals surface area contributed by atoms with E-state index in [4.69, 9.17) is 0 Å². The standard InChI is InChI=1S/C29H27F4N3O2/c30-23-9-7-21(17-25(23)32)29(38,22-8-10-24(31)26(33)18-22)27(37)35-13-4-14-36-15-11-28(19-34,12-16-36)20-5-2-1-3-6-20/h1-3,5-10,17-18,38H,4,11-16H2,(H,35,37). The Morgan fingerprint density at radius 3 is 1.97 bits per heavy atom. The van der Waals surface area contributed by atoms with Crippen molar-refractivity contribution in [1.29, 1.82) is 5.26 Å². The van der Waals surface area contributed by atoms with Gasteiger partial charge in [-0.15, -0.1) is 0 Å². The summed E-state index contributed by atoms with van der Waals surface area (Å²) in [6.07, 6.45) is 1.85. The lowest BCUT2D eigenvalue weighted by atomic mass is 9.74. The van der Waals surface area contributed by atoms with E-state index in [9.17, 15) is 32.7 Å². The minimum Gasteiger partial charge on any atom is -0.372 e. The zero-order valence-corrected chi connectivity index (χ0v) is 20.6. The van der Waals surface area contributed by atoms with Crippen molar-refractivity contribution in [3.63, 3.8) is 0 Å². The molecular formula is C29H27F4N3O2. The summed E-state index contributed by atoms with van der Waals surface area (Å²) in [7, 11) is 0. The second kappa shape index (κ2) is 11.3. The smallest absolute Gasteiger partial charge is 0.261 e. The first-order valence-corrected chi connectivity index (χ1v) is 12.3. The molecule has 5 nitrogen and oxygen atoms in total. The van der Waals surface area contributed by atoms with Crippen LogP contribution in [0.25, 0.3) is 0 Å². The van der Waals surface area contributed by atoms with Gasteiger partial charge in [0, 0.05) is 17.7 Å². The SMILES string of the molecule is N#CC1(c2ccccc2)CCN(CCCNC(=O)C(O)(c2ccc(F)c(F)c2)c2ccc(F)c(F)c2)CC1. The molecule has 1 heterocycles. The van der Waals surface area contributed by atoms with Crippen LogP contribution in [0.3, 0.4) is 0 Å². The zero-order valence-electron chi connectivity index (χ0n) is 20.6. The second-order valence-corrected chi connectivity index (χ2v) is 9.48. The summed E-state index contributed by atoms with van der Waals surface area (Å²) in [4.78, 5) is 15.3. The third-order valence-corrected chi connectivity index (χ3v) is 7.19. The van der Waals surface area contributed by atoms with E-state index in [1.807, 2.05) is 30.3 Å². The molecule has 3 aromatic carbocycles. The monoisotopic (exact) mass is 525 g/mol. The molecule has 0 atom stereocenters. The van der Waals surface area contributed by atoms with Gasteiger partial charge in [0.15, 0.2) is 28.9 Å². The number of carbonyl (C=O) groups is 1. The molecule has 2 N–H and O–H groups in total. The van der Waals surface area contributed by atoms with Gasteiger partial charge in [-0.05, 0) is 68.7 Å². The summed E-state index contributed by atoms with van der Waals surface area (Å²) in [6, 6.07) is 17.0. The lowest BCUT2D eigenvalue weighted by Crippen LogP contribution is -2.46. The van der Waals surface area contributed by atoms with E-state index in [1.165, 1.54) is 0 Å². The molecule has 0 aliphatic carbocycles. The third-order valence-electron chi connectivity index (χ3n) is 7.19. The molecule has 1 aliphatic rings. The second-order valence-electron chi connectivity index (χ2n) is 9.48. The number of rotatable bonds is 8. The molecule has 198 valence electrons. The van der Waals surface area contributed by atoms with E-state index in [1.54, 1.807) is 0 Å². The minimum absolute atomic E-state index is 0.132. The summed E-state index contributed by atoms with van der Waals surface area (Å²) in [5.41, 5.74) is -2.77. The van der Waals surface area contributed by atoms with Gasteiger partial charge in [-0.1, -0.05) is 42.5 Å². The van der Waals surface area contributed by atoms with E-state index in [0.717, 1.165) is 29.8 Å². The normalized spacial score (nSPS) is 15.6. The first-order chi connectivity index (χ1) is 18.2. The van der Waals surface area contributed by atoms with Gasteiger partial charge in [0.1, 0.15) is 0 Å². The molecule has 0 spiro atoms. The van der Waals surface area contributed by atoms with Gasteiger partial charge >= 0.3 is 0 Å². The predicted molar refractivity (Wildman–Crippen MR) is 133 cm³/mol. The van der Waals surface area contributed by atoms with E-state index < -0.39 is 40.2 Å². The highest BCUT2D eigenvalue weighted by Crippen LogP contribution is 2.35. The highest BCUT2D eigenvalue weighted by Gasteiger charge is 2.41. The molecule has 0 saturated carbocycles. The van der Waals surface area contributed by atoms with Crippen LogP contribution in [0.1, 0.15) is 36.0 Å². The number of likely N-dealkylation sites (tertiary alicyclic amines) is 1. The Balaban J connectivity index is 1.40. The summed E-state index contributed by atoms with van der Waals surface area (Å²) in [6.45, 7) is 2.15. The number of piperidine rings is 1. The molecular weight excluding hydrogens is 498 g/mol. The Morgan fingerprint density at radius 1 is 0.921 bits per heavy atom. The van der Waals surface area contributed by atoms with Gasteiger partial charge in [-0.3, -0.25) is 4.79 Å². The van der Waals surface area contributed by atoms with Crippen molar-refractivity contribution in [2.45, 2.75) is 30.3 Å². The number of carbonyl (C=O) groups excluding carboxylic acids is 1. The maximum absolute atomic E-state index is 14.0. The number of aliphatic hydroxyl groups is 1. The molecule has 0 aromatic heterocycles. The Kier molecular flexibility index (Phi) is 8.14. The Bertz CT molecular complexity index is 1280. The minimum atomic E-state index is -2.59. The van der Waals surface area contributed by atoms with Gasteiger partial charge < -0.3 is 15.3 Å². The van der Waals surface area contributed by atoms with Crippen LogP contribution in [0.2, 0.25) is 0 Å². The predicted octanol–water partition coefficient (Wildman–Crippen LogP) is 4.54. The molecule has 0 radical (unpaired) electrons. The third kappa shape index (κ3) is 5.42. The lowest BCUT2D eigenvalue weighted by molar-refractivity contribution is -0.136. The molecule has 4 rings (SSSR count). The van der Waals surface area contributed by atoms with Crippen molar-refractivity contribution in [1.82, 2.24) is 10.2 Å². The van der Waals surface area contributed by atoms with Crippen molar-refractivity contribution < 1.29 is 27.5 Å². The number of hydrogen-bond acceptors (Lipinski definition) is 4. The molecule has 1 fully saturated rings. The largest absolute Gasteiger partial charge is 0.372 e. The number of nitrogens with zero attached hydrogens (tertiary/aromatic N) is 2. The Labute approximate surface area is 218 Å². The number of benzene rings is 3. The Hall–Kier alpha value is -3.74. The van der Waals surface area contributed by atoms with Crippen molar-refractivity contribution in [3.8, 4) is 6.07 Å². The molecule has 1 aliphatic heterocycles. The fourth-order valence-electron chi connectivity index (χ4n) is 4.88. The summed E-state index contributed by atoms with van der Waals surface area (Å²) >= 11 is 0. The van der Waals surface area contributed by atoms with Crippen molar-refractivity contribution in [2.75, 3.05) is 26.2 Å². The molecule has 9 heteroatoms. The highest BCUT2D eigenvalue weighted by atomic mass is 19.2. The fourth-order valence-corrected chi connectivity index (χ4v) is 4.88. The number of nitriles is 1. The molecule has 0 unspecified atom stereocenters. The summed E-state index contributed by atoms with van der Waals surface area (Å²) < 4.78 is 54.9. The lowest BCUT2D eigenvalue weighted by Gasteiger charge is -2.37. The van der Waals surface area contributed by atoms with Crippen LogP contribution in [0.15, 0.2) is 66.7 Å². The van der Waals surface area contributed by atoms with E-state index in [0.29, 0.717) is 51.0 Å². The van der Waals surface area contributed by atoms with E-state index in [2.05, 4.69) is 16.3 Å². The zero-order chi connectivity index (χ0) is 27.3. The van der Waals surface area contributed by atoms with Gasteiger partial charge in [0.05, 0.1) is 11.5 Å². The number of halogens is 4. The van der Waals surface area contributed by atoms with Crippen LogP contribution < -0.4 is 5.32 Å². The molecule has 1 amide bonds. The van der Waals surface area contributed by atoms with E-state index in [-0.39, 0.29) is 17.7 Å². The Morgan fingerprint density at radius 2 is 1.47 bits per heavy atom. The van der Waals surface area contributed by atoms with Crippen molar-refractivity contribution >= 4 is 5.91 Å². The van der Waals surface area contributed by atoms with Crippen LogP contribution in [0, 0.1) is 34.6 Å². The quantitative estimate of drug-likeness (QED) is 0.335. The van der Waals surface area contributed by atoms with Crippen molar-refractivity contribution in [2.24, 2.45) is 0 Å². The van der Waals surface area contributed by atoms with Gasteiger partial charge in [0.25, 0.3) is 5.91 Å². The summed E-state index contributed by atoms with van der Waals surface area (Å²) in [5.74, 6) is -5.96. The van der Waals surface area contributed by atoms with Gasteiger partial charge in [-0.25, -0.2) is 17.6 Å². The van der Waals surface area contributed by atoms with E-state index >= 15 is 0 Å². The van der Waals surface area contributed by atoms with Crippen LogP contribution in [0.4, 0.5) is 17.6 Å². The molecule has 1 saturated heterocycles. The average molecular weight is 526 g/mol. The molecule has 0 bridgehead atoms. The summed E-state index contributed by atoms with van der Waals surface area (Å²) in [5, 5.41) is 23.8. The average Bonchev–Trinajstić information content (AvgIpc) is 2.94. The van der Waals surface area contributed by atoms with Gasteiger partial charge in [0.2, 0.25) is 0 Å². The van der Waals surface area contributed by atoms with Crippen LogP contribution in [-0.2, 0) is 15.8 Å². The molecule has 3 aromatic rings. The number of amides is 1. The number of nitrogens with one attached hydrogen (secondary N) is 1. The topological polar surface area (TPSA) is 76.4 Å². The van der Waals surface area contributed by atoms with Crippen LogP contribution >= 0.6 is 0 Å². The fraction of sp³-hybridized carbons (Fsp3) is 0.310. The maximum atomic E-state index is 14.0. The van der Waals surface area contributed by atoms with Crippen molar-refractivity contribution in [3.05, 3.63) is 107 Å². The molecule has 38 heavy (non-hydrogen) atoms. The first kappa shape index (κ1) is 27.3.